The molecule has 5 nitrogen and oxygen atoms in total. The Morgan fingerprint density at radius 1 is 1.65 bits per heavy atom. The van der Waals surface area contributed by atoms with E-state index in [1.165, 1.54) is 12.8 Å². The van der Waals surface area contributed by atoms with Crippen LogP contribution in [0.4, 0.5) is 0 Å². The Balaban J connectivity index is 1.72. The number of carbonyl (C=O) groups excluding carboxylic acids is 1. The van der Waals surface area contributed by atoms with Gasteiger partial charge in [0.1, 0.15) is 5.82 Å². The van der Waals surface area contributed by atoms with Crippen molar-refractivity contribution in [2.45, 2.75) is 19.4 Å². The van der Waals surface area contributed by atoms with Crippen LogP contribution in [0.1, 0.15) is 18.7 Å². The fourth-order valence-corrected chi connectivity index (χ4v) is 1.69. The van der Waals surface area contributed by atoms with Gasteiger partial charge in [-0.1, -0.05) is 0 Å². The van der Waals surface area contributed by atoms with Crippen LogP contribution >= 0.6 is 0 Å². The number of likely N-dealkylation sites (N-methyl/N-ethyl adjacent to an activating group) is 1. The summed E-state index contributed by atoms with van der Waals surface area (Å²) < 4.78 is 1.93. The number of imidazole rings is 1. The third-order valence-electron chi connectivity index (χ3n) is 3.13. The maximum atomic E-state index is 11.8. The van der Waals surface area contributed by atoms with Gasteiger partial charge < -0.3 is 14.8 Å². The fraction of sp³-hybridized carbons (Fsp3) is 0.667. The van der Waals surface area contributed by atoms with Crippen LogP contribution < -0.4 is 5.32 Å². The van der Waals surface area contributed by atoms with Crippen molar-refractivity contribution in [2.75, 3.05) is 20.1 Å². The van der Waals surface area contributed by atoms with Crippen molar-refractivity contribution in [3.05, 3.63) is 18.2 Å². The van der Waals surface area contributed by atoms with Gasteiger partial charge in [0, 0.05) is 26.5 Å². The average molecular weight is 236 g/mol. The lowest BCUT2D eigenvalue weighted by Gasteiger charge is -2.17. The Bertz CT molecular complexity index is 384. The van der Waals surface area contributed by atoms with E-state index in [0.29, 0.717) is 13.1 Å². The average Bonchev–Trinajstić information content (AvgIpc) is 3.04. The molecule has 0 aliphatic heterocycles. The number of aromatic nitrogens is 2. The maximum Gasteiger partial charge on any atom is 0.236 e. The van der Waals surface area contributed by atoms with Crippen molar-refractivity contribution >= 4 is 5.91 Å². The number of nitrogens with one attached hydrogen (secondary N) is 1. The molecule has 0 spiro atoms. The van der Waals surface area contributed by atoms with E-state index in [2.05, 4.69) is 10.3 Å². The number of hydrogen-bond donors (Lipinski definition) is 1. The van der Waals surface area contributed by atoms with Crippen LogP contribution in [-0.4, -0.2) is 40.5 Å². The zero-order valence-corrected chi connectivity index (χ0v) is 10.5. The summed E-state index contributed by atoms with van der Waals surface area (Å²) in [6.07, 6.45) is 6.26. The normalized spacial score (nSPS) is 14.9. The highest BCUT2D eigenvalue weighted by atomic mass is 16.2. The van der Waals surface area contributed by atoms with Crippen LogP contribution in [0.2, 0.25) is 0 Å². The molecule has 17 heavy (non-hydrogen) atoms. The van der Waals surface area contributed by atoms with Gasteiger partial charge in [-0.25, -0.2) is 4.98 Å². The summed E-state index contributed by atoms with van der Waals surface area (Å²) in [7, 11) is 3.75. The molecule has 1 aromatic rings. The largest absolute Gasteiger partial charge is 0.337 e. The molecule has 2 rings (SSSR count). The van der Waals surface area contributed by atoms with E-state index in [4.69, 9.17) is 0 Å². The van der Waals surface area contributed by atoms with E-state index >= 15 is 0 Å². The minimum atomic E-state index is 0.119. The van der Waals surface area contributed by atoms with Crippen LogP contribution in [-0.2, 0) is 18.4 Å². The predicted octanol–water partition coefficient (Wildman–Crippen LogP) is 0.378. The SMILES string of the molecule is CN(Cc1nccn1C)C(=O)CNCC1CC1. The molecule has 94 valence electrons. The lowest BCUT2D eigenvalue weighted by atomic mass is 10.4. The fourth-order valence-electron chi connectivity index (χ4n) is 1.69. The molecule has 1 aliphatic rings. The molecule has 0 atom stereocenters. The number of rotatable bonds is 6. The van der Waals surface area contributed by atoms with Crippen LogP contribution in [0.5, 0.6) is 0 Å². The van der Waals surface area contributed by atoms with Crippen molar-refractivity contribution in [1.82, 2.24) is 19.8 Å². The molecule has 1 saturated carbocycles. The molecule has 0 aromatic carbocycles. The number of aryl methyl sites for hydroxylation is 1. The molecule has 1 N–H and O–H groups in total. The van der Waals surface area contributed by atoms with E-state index in [-0.39, 0.29) is 5.91 Å². The topological polar surface area (TPSA) is 50.2 Å². The Hall–Kier alpha value is -1.36. The second-order valence-corrected chi connectivity index (χ2v) is 4.78. The van der Waals surface area contributed by atoms with Crippen molar-refractivity contribution in [2.24, 2.45) is 13.0 Å². The van der Waals surface area contributed by atoms with Gasteiger partial charge in [0.15, 0.2) is 0 Å². The third-order valence-corrected chi connectivity index (χ3v) is 3.13. The summed E-state index contributed by atoms with van der Waals surface area (Å²) in [4.78, 5) is 17.7. The predicted molar refractivity (Wildman–Crippen MR) is 65.3 cm³/mol. The highest BCUT2D eigenvalue weighted by molar-refractivity contribution is 5.77. The van der Waals surface area contributed by atoms with Crippen LogP contribution in [0, 0.1) is 5.92 Å². The molecular weight excluding hydrogens is 216 g/mol. The van der Waals surface area contributed by atoms with Crippen molar-refractivity contribution in [1.29, 1.82) is 0 Å². The van der Waals surface area contributed by atoms with Gasteiger partial charge in [0.05, 0.1) is 13.1 Å². The molecule has 1 aromatic heterocycles. The summed E-state index contributed by atoms with van der Waals surface area (Å²) in [5.74, 6) is 1.83. The van der Waals surface area contributed by atoms with Gasteiger partial charge in [-0.05, 0) is 25.3 Å². The molecule has 1 amide bonds. The van der Waals surface area contributed by atoms with Gasteiger partial charge >= 0.3 is 0 Å². The molecular formula is C12H20N4O. The highest BCUT2D eigenvalue weighted by Gasteiger charge is 2.21. The van der Waals surface area contributed by atoms with Gasteiger partial charge in [-0.15, -0.1) is 0 Å². The minimum Gasteiger partial charge on any atom is -0.337 e. The van der Waals surface area contributed by atoms with Crippen LogP contribution in [0.3, 0.4) is 0 Å². The molecule has 1 aliphatic carbocycles. The molecule has 5 heteroatoms. The van der Waals surface area contributed by atoms with Gasteiger partial charge in [-0.3, -0.25) is 4.79 Å². The van der Waals surface area contributed by atoms with E-state index in [9.17, 15) is 4.79 Å². The second kappa shape index (κ2) is 5.31. The van der Waals surface area contributed by atoms with Gasteiger partial charge in [0.2, 0.25) is 5.91 Å². The lowest BCUT2D eigenvalue weighted by molar-refractivity contribution is -0.129. The van der Waals surface area contributed by atoms with Crippen LogP contribution in [0.15, 0.2) is 12.4 Å². The van der Waals surface area contributed by atoms with Crippen molar-refractivity contribution in [3.63, 3.8) is 0 Å². The van der Waals surface area contributed by atoms with Gasteiger partial charge in [0.25, 0.3) is 0 Å². The Morgan fingerprint density at radius 3 is 3.00 bits per heavy atom. The monoisotopic (exact) mass is 236 g/mol. The van der Waals surface area contributed by atoms with Crippen molar-refractivity contribution < 1.29 is 4.79 Å². The second-order valence-electron chi connectivity index (χ2n) is 4.78. The first-order valence-corrected chi connectivity index (χ1v) is 6.07. The minimum absolute atomic E-state index is 0.119. The number of nitrogens with zero attached hydrogens (tertiary/aromatic N) is 3. The molecule has 0 bridgehead atoms. The molecule has 0 saturated heterocycles. The maximum absolute atomic E-state index is 11.8. The third kappa shape index (κ3) is 3.56. The van der Waals surface area contributed by atoms with E-state index in [0.717, 1.165) is 18.3 Å². The highest BCUT2D eigenvalue weighted by Crippen LogP contribution is 2.27. The zero-order valence-electron chi connectivity index (χ0n) is 10.5. The molecule has 0 unspecified atom stereocenters. The number of hydrogen-bond acceptors (Lipinski definition) is 3. The number of carbonyl (C=O) groups is 1. The van der Waals surface area contributed by atoms with E-state index in [1.54, 1.807) is 11.1 Å². The Morgan fingerprint density at radius 2 is 2.41 bits per heavy atom. The first kappa shape index (κ1) is 12.1. The first-order valence-electron chi connectivity index (χ1n) is 6.07. The summed E-state index contributed by atoms with van der Waals surface area (Å²) in [6.45, 7) is 1.97. The Labute approximate surface area is 102 Å². The molecule has 1 fully saturated rings. The zero-order chi connectivity index (χ0) is 12.3. The molecule has 1 heterocycles. The standard InChI is InChI=1S/C12H20N4O/c1-15-6-5-14-11(15)9-16(2)12(17)8-13-7-10-3-4-10/h5-6,10,13H,3-4,7-9H2,1-2H3. The molecule has 0 radical (unpaired) electrons. The van der Waals surface area contributed by atoms with Gasteiger partial charge in [-0.2, -0.15) is 0 Å². The summed E-state index contributed by atoms with van der Waals surface area (Å²) in [5, 5.41) is 3.20. The van der Waals surface area contributed by atoms with Crippen molar-refractivity contribution in [3.8, 4) is 0 Å². The summed E-state index contributed by atoms with van der Waals surface area (Å²) in [5.41, 5.74) is 0. The lowest BCUT2D eigenvalue weighted by Crippen LogP contribution is -2.36. The van der Waals surface area contributed by atoms with E-state index < -0.39 is 0 Å². The number of amides is 1. The summed E-state index contributed by atoms with van der Waals surface area (Å²) in [6, 6.07) is 0. The first-order chi connectivity index (χ1) is 8.16. The van der Waals surface area contributed by atoms with Crippen LogP contribution in [0.25, 0.3) is 0 Å². The smallest absolute Gasteiger partial charge is 0.236 e. The Kier molecular flexibility index (Phi) is 3.78. The summed E-state index contributed by atoms with van der Waals surface area (Å²) >= 11 is 0. The quantitative estimate of drug-likeness (QED) is 0.777. The van der Waals surface area contributed by atoms with E-state index in [1.807, 2.05) is 24.9 Å².